The van der Waals surface area contributed by atoms with E-state index < -0.39 is 0 Å². The zero-order valence-corrected chi connectivity index (χ0v) is 5.93. The lowest BCUT2D eigenvalue weighted by atomic mass is 10.3. The fourth-order valence-corrected chi connectivity index (χ4v) is 1.30. The predicted molar refractivity (Wildman–Crippen MR) is 37.0 cm³/mol. The van der Waals surface area contributed by atoms with Crippen molar-refractivity contribution in [2.24, 2.45) is 0 Å². The summed E-state index contributed by atoms with van der Waals surface area (Å²) in [5, 5.41) is 8.59. The van der Waals surface area contributed by atoms with E-state index in [4.69, 9.17) is 5.11 Å². The number of β-amino-alcohol motifs (C(OH)–C–C–N with tert-alkyl or cyclic N) is 1. The molecule has 52 valence electrons. The standard InChI is InChI=1S/C7H14NO/c1-7-3-2-4-8(7)5-6-9/h9H,2-6H2,1H3/q+1. The Bertz CT molecular complexity index is 129. The largest absolute Gasteiger partial charge is 0.390 e. The second-order valence-electron chi connectivity index (χ2n) is 2.55. The van der Waals surface area contributed by atoms with Crippen molar-refractivity contribution >= 4 is 5.71 Å². The molecule has 2 nitrogen and oxygen atoms in total. The van der Waals surface area contributed by atoms with Crippen LogP contribution in [0.3, 0.4) is 0 Å². The van der Waals surface area contributed by atoms with E-state index in [-0.39, 0.29) is 6.61 Å². The molecule has 0 aliphatic carbocycles. The number of aliphatic hydroxyl groups is 1. The number of nitrogens with zero attached hydrogens (tertiary/aromatic N) is 1. The van der Waals surface area contributed by atoms with Gasteiger partial charge in [-0.1, -0.05) is 0 Å². The summed E-state index contributed by atoms with van der Waals surface area (Å²) >= 11 is 0. The van der Waals surface area contributed by atoms with E-state index in [2.05, 4.69) is 11.5 Å². The van der Waals surface area contributed by atoms with E-state index in [9.17, 15) is 0 Å². The lowest BCUT2D eigenvalue weighted by Gasteiger charge is -1.94. The predicted octanol–water partition coefficient (Wildman–Crippen LogP) is 0.246. The number of rotatable bonds is 2. The molecule has 0 saturated heterocycles. The van der Waals surface area contributed by atoms with Crippen LogP contribution in [0.2, 0.25) is 0 Å². The van der Waals surface area contributed by atoms with Crippen LogP contribution in [0.25, 0.3) is 0 Å². The Kier molecular flexibility index (Phi) is 2.22. The van der Waals surface area contributed by atoms with Gasteiger partial charge in [-0.2, -0.15) is 0 Å². The van der Waals surface area contributed by atoms with Gasteiger partial charge in [-0.05, 0) is 0 Å². The van der Waals surface area contributed by atoms with Gasteiger partial charge >= 0.3 is 0 Å². The first-order chi connectivity index (χ1) is 4.34. The first-order valence-corrected chi connectivity index (χ1v) is 3.53. The van der Waals surface area contributed by atoms with Gasteiger partial charge in [0.2, 0.25) is 0 Å². The van der Waals surface area contributed by atoms with Crippen LogP contribution in [0.15, 0.2) is 0 Å². The first kappa shape index (κ1) is 6.75. The van der Waals surface area contributed by atoms with Gasteiger partial charge in [-0.25, -0.2) is 4.58 Å². The normalized spacial score (nSPS) is 19.3. The summed E-state index contributed by atoms with van der Waals surface area (Å²) < 4.78 is 2.25. The number of hydrogen-bond donors (Lipinski definition) is 1. The second-order valence-corrected chi connectivity index (χ2v) is 2.55. The quantitative estimate of drug-likeness (QED) is 0.529. The van der Waals surface area contributed by atoms with Gasteiger partial charge < -0.3 is 5.11 Å². The Labute approximate surface area is 55.8 Å². The molecule has 0 unspecified atom stereocenters. The molecule has 1 rings (SSSR count). The van der Waals surface area contributed by atoms with Crippen LogP contribution in [0.1, 0.15) is 19.8 Å². The maximum atomic E-state index is 8.59. The van der Waals surface area contributed by atoms with Crippen molar-refractivity contribution in [3.63, 3.8) is 0 Å². The average Bonchev–Trinajstić information content (AvgIpc) is 2.18. The van der Waals surface area contributed by atoms with Crippen LogP contribution < -0.4 is 0 Å². The maximum Gasteiger partial charge on any atom is 0.165 e. The minimum absolute atomic E-state index is 0.289. The molecule has 0 amide bonds. The van der Waals surface area contributed by atoms with Gasteiger partial charge in [-0.3, -0.25) is 0 Å². The molecule has 0 radical (unpaired) electrons. The summed E-state index contributed by atoms with van der Waals surface area (Å²) in [6.45, 7) is 4.40. The summed E-state index contributed by atoms with van der Waals surface area (Å²) in [6, 6.07) is 0. The lowest BCUT2D eigenvalue weighted by molar-refractivity contribution is -0.522. The van der Waals surface area contributed by atoms with Gasteiger partial charge in [0.05, 0.1) is 0 Å². The average molecular weight is 128 g/mol. The van der Waals surface area contributed by atoms with Crippen LogP contribution in [0, 0.1) is 0 Å². The Balaban J connectivity index is 2.45. The SMILES string of the molecule is CC1=[N+](CCO)CCC1. The van der Waals surface area contributed by atoms with Crippen LogP contribution in [-0.4, -0.2) is 35.1 Å². The van der Waals surface area contributed by atoms with Crippen molar-refractivity contribution in [1.82, 2.24) is 0 Å². The molecule has 0 aromatic carbocycles. The Morgan fingerprint density at radius 2 is 2.44 bits per heavy atom. The zero-order chi connectivity index (χ0) is 6.69. The van der Waals surface area contributed by atoms with Crippen LogP contribution in [-0.2, 0) is 0 Å². The van der Waals surface area contributed by atoms with E-state index in [0.29, 0.717) is 0 Å². The third-order valence-electron chi connectivity index (χ3n) is 1.88. The van der Waals surface area contributed by atoms with Crippen molar-refractivity contribution < 1.29 is 9.68 Å². The zero-order valence-electron chi connectivity index (χ0n) is 5.93. The molecule has 0 aromatic rings. The monoisotopic (exact) mass is 128 g/mol. The van der Waals surface area contributed by atoms with Crippen LogP contribution >= 0.6 is 0 Å². The van der Waals surface area contributed by atoms with Crippen molar-refractivity contribution in [3.8, 4) is 0 Å². The lowest BCUT2D eigenvalue weighted by Crippen LogP contribution is -2.17. The topological polar surface area (TPSA) is 23.2 Å². The molecule has 0 atom stereocenters. The number of aliphatic hydroxyl groups excluding tert-OH is 1. The summed E-state index contributed by atoms with van der Waals surface area (Å²) in [5.74, 6) is 0. The summed E-state index contributed by atoms with van der Waals surface area (Å²) in [4.78, 5) is 0. The first-order valence-electron chi connectivity index (χ1n) is 3.53. The van der Waals surface area contributed by atoms with E-state index in [1.165, 1.54) is 18.6 Å². The van der Waals surface area contributed by atoms with Crippen molar-refractivity contribution in [1.29, 1.82) is 0 Å². The fraction of sp³-hybridized carbons (Fsp3) is 0.857. The minimum atomic E-state index is 0.289. The van der Waals surface area contributed by atoms with Crippen LogP contribution in [0.4, 0.5) is 0 Å². The fourth-order valence-electron chi connectivity index (χ4n) is 1.30. The molecule has 0 spiro atoms. The highest BCUT2D eigenvalue weighted by molar-refractivity contribution is 5.77. The molecule has 1 N–H and O–H groups in total. The molecular weight excluding hydrogens is 114 g/mol. The molecule has 0 saturated carbocycles. The van der Waals surface area contributed by atoms with Gasteiger partial charge in [0, 0.05) is 19.8 Å². The third-order valence-corrected chi connectivity index (χ3v) is 1.88. The highest BCUT2D eigenvalue weighted by atomic mass is 16.3. The van der Waals surface area contributed by atoms with E-state index in [1.54, 1.807) is 0 Å². The van der Waals surface area contributed by atoms with E-state index in [0.717, 1.165) is 13.1 Å². The Morgan fingerprint density at radius 1 is 1.67 bits per heavy atom. The molecule has 9 heavy (non-hydrogen) atoms. The highest BCUT2D eigenvalue weighted by Crippen LogP contribution is 2.02. The van der Waals surface area contributed by atoms with Crippen molar-refractivity contribution in [2.45, 2.75) is 19.8 Å². The molecule has 0 aromatic heterocycles. The summed E-state index contributed by atoms with van der Waals surface area (Å²) in [5.41, 5.74) is 1.43. The number of hydrogen-bond acceptors (Lipinski definition) is 1. The maximum absolute atomic E-state index is 8.59. The van der Waals surface area contributed by atoms with Gasteiger partial charge in [0.15, 0.2) is 6.54 Å². The highest BCUT2D eigenvalue weighted by Gasteiger charge is 2.16. The Hall–Kier alpha value is -0.370. The molecule has 0 bridgehead atoms. The molecular formula is C7H14NO+. The third kappa shape index (κ3) is 1.52. The second kappa shape index (κ2) is 2.97. The molecule has 1 aliphatic heterocycles. The van der Waals surface area contributed by atoms with Gasteiger partial charge in [-0.15, -0.1) is 0 Å². The van der Waals surface area contributed by atoms with Crippen LogP contribution in [0.5, 0.6) is 0 Å². The Morgan fingerprint density at radius 3 is 2.89 bits per heavy atom. The van der Waals surface area contributed by atoms with Gasteiger partial charge in [0.1, 0.15) is 18.9 Å². The van der Waals surface area contributed by atoms with Crippen molar-refractivity contribution in [3.05, 3.63) is 0 Å². The van der Waals surface area contributed by atoms with E-state index in [1.807, 2.05) is 0 Å². The summed E-state index contributed by atoms with van der Waals surface area (Å²) in [7, 11) is 0. The molecule has 1 heterocycles. The molecule has 1 aliphatic rings. The summed E-state index contributed by atoms with van der Waals surface area (Å²) in [6.07, 6.45) is 2.49. The molecule has 0 fully saturated rings. The van der Waals surface area contributed by atoms with Gasteiger partial charge in [0.25, 0.3) is 0 Å². The molecule has 2 heteroatoms. The smallest absolute Gasteiger partial charge is 0.165 e. The minimum Gasteiger partial charge on any atom is -0.390 e. The van der Waals surface area contributed by atoms with Crippen molar-refractivity contribution in [2.75, 3.05) is 19.7 Å². The van der Waals surface area contributed by atoms with E-state index >= 15 is 0 Å².